The maximum Gasteiger partial charge on any atom is 0.154 e. The first-order valence-electron chi connectivity index (χ1n) is 8.80. The van der Waals surface area contributed by atoms with E-state index in [-0.39, 0.29) is 0 Å². The molecule has 2 aromatic heterocycles. The van der Waals surface area contributed by atoms with Gasteiger partial charge in [0.2, 0.25) is 0 Å². The van der Waals surface area contributed by atoms with Gasteiger partial charge in [0.15, 0.2) is 5.82 Å². The number of aromatic nitrogens is 3. The first kappa shape index (κ1) is 19.3. The van der Waals surface area contributed by atoms with Crippen LogP contribution in [0.1, 0.15) is 0 Å². The van der Waals surface area contributed by atoms with Gasteiger partial charge < -0.3 is 19.7 Å². The van der Waals surface area contributed by atoms with Crippen LogP contribution in [0.4, 0.5) is 11.5 Å². The van der Waals surface area contributed by atoms with Crippen LogP contribution in [-0.2, 0) is 4.74 Å². The summed E-state index contributed by atoms with van der Waals surface area (Å²) < 4.78 is 6.77. The zero-order valence-corrected chi connectivity index (χ0v) is 16.4. The van der Waals surface area contributed by atoms with Crippen molar-refractivity contribution >= 4 is 35.4 Å². The maximum absolute atomic E-state index is 5.01. The molecule has 1 saturated heterocycles. The van der Waals surface area contributed by atoms with E-state index in [1.54, 1.807) is 16.7 Å². The summed E-state index contributed by atoms with van der Waals surface area (Å²) in [5, 5.41) is 6.24. The van der Waals surface area contributed by atoms with E-state index in [1.807, 2.05) is 44.4 Å². The number of thiol groups is 1. The Hall–Kier alpha value is -2.42. The van der Waals surface area contributed by atoms with E-state index < -0.39 is 0 Å². The van der Waals surface area contributed by atoms with Gasteiger partial charge in [0.05, 0.1) is 24.4 Å². The lowest BCUT2D eigenvalue weighted by molar-refractivity contribution is 0.109. The number of hydrogen-bond donors (Lipinski definition) is 3. The Labute approximate surface area is 164 Å². The molecule has 2 N–H and O–H groups in total. The lowest BCUT2D eigenvalue weighted by Gasteiger charge is -2.12. The summed E-state index contributed by atoms with van der Waals surface area (Å²) in [7, 11) is 3.72. The van der Waals surface area contributed by atoms with E-state index in [0.29, 0.717) is 0 Å². The number of ether oxygens (including phenoxy) is 1. The molecule has 7 nitrogen and oxygen atoms in total. The molecule has 4 rings (SSSR count). The van der Waals surface area contributed by atoms with Crippen molar-refractivity contribution in [2.75, 3.05) is 50.0 Å². The Morgan fingerprint density at radius 2 is 1.81 bits per heavy atom. The molecule has 3 aromatic rings. The summed E-state index contributed by atoms with van der Waals surface area (Å²) in [6, 6.07) is 9.99. The van der Waals surface area contributed by atoms with Gasteiger partial charge in [-0.1, -0.05) is 24.9 Å². The minimum Gasteiger partial charge on any atom is -0.379 e. The summed E-state index contributed by atoms with van der Waals surface area (Å²) in [4.78, 5) is 13.3. The van der Waals surface area contributed by atoms with Crippen molar-refractivity contribution in [3.05, 3.63) is 42.7 Å². The van der Waals surface area contributed by atoms with Crippen LogP contribution in [0, 0.1) is 0 Å². The highest BCUT2D eigenvalue weighted by atomic mass is 32.1. The van der Waals surface area contributed by atoms with E-state index in [9.17, 15) is 0 Å². The normalized spacial score (nSPS) is 13.6. The predicted molar refractivity (Wildman–Crippen MR) is 113 cm³/mol. The van der Waals surface area contributed by atoms with E-state index in [2.05, 4.69) is 38.4 Å². The number of nitrogens with zero attached hydrogens (tertiary/aromatic N) is 4. The van der Waals surface area contributed by atoms with Crippen LogP contribution in [0.25, 0.3) is 22.3 Å². The first-order chi connectivity index (χ1) is 13.2. The SMILES string of the molecule is C1COCCN1.CNc1nc(-c2ccc(N(C)S)cc2)cc2nccnc12. The van der Waals surface area contributed by atoms with Crippen LogP contribution in [-0.4, -0.2) is 55.4 Å². The molecule has 1 aromatic carbocycles. The van der Waals surface area contributed by atoms with Gasteiger partial charge in [0.1, 0.15) is 5.52 Å². The third kappa shape index (κ3) is 5.06. The largest absolute Gasteiger partial charge is 0.379 e. The van der Waals surface area contributed by atoms with E-state index in [1.165, 1.54) is 0 Å². The number of pyridine rings is 1. The molecule has 0 amide bonds. The molecule has 0 unspecified atom stereocenters. The standard InChI is InChI=1S/C15H15N5S.C4H9NO/c1-16-15-14-13(17-7-8-18-14)9-12(19-15)10-3-5-11(6-4-10)20(2)21;1-3-6-4-2-5-1/h3-9,21H,1-2H3,(H,16,19);5H,1-4H2. The molecule has 1 fully saturated rings. The monoisotopic (exact) mass is 384 g/mol. The fourth-order valence-corrected chi connectivity index (χ4v) is 2.79. The van der Waals surface area contributed by atoms with Gasteiger partial charge in [-0.2, -0.15) is 0 Å². The van der Waals surface area contributed by atoms with Crippen LogP contribution in [0.3, 0.4) is 0 Å². The zero-order valence-electron chi connectivity index (χ0n) is 15.5. The van der Waals surface area contributed by atoms with E-state index >= 15 is 0 Å². The van der Waals surface area contributed by atoms with Crippen LogP contribution in [0.2, 0.25) is 0 Å². The molecule has 0 saturated carbocycles. The van der Waals surface area contributed by atoms with Gasteiger partial charge in [-0.3, -0.25) is 4.98 Å². The van der Waals surface area contributed by atoms with Crippen LogP contribution in [0.5, 0.6) is 0 Å². The molecule has 1 aliphatic rings. The molecule has 0 bridgehead atoms. The second-order valence-electron chi connectivity index (χ2n) is 5.96. The topological polar surface area (TPSA) is 75.2 Å². The van der Waals surface area contributed by atoms with Crippen molar-refractivity contribution in [1.82, 2.24) is 20.3 Å². The molecular weight excluding hydrogens is 360 g/mol. The first-order valence-corrected chi connectivity index (χ1v) is 9.20. The van der Waals surface area contributed by atoms with Gasteiger partial charge in [0, 0.05) is 50.8 Å². The number of hydrogen-bond acceptors (Lipinski definition) is 8. The van der Waals surface area contributed by atoms with Crippen molar-refractivity contribution < 1.29 is 4.74 Å². The minimum absolute atomic E-state index is 0.728. The van der Waals surface area contributed by atoms with Crippen LogP contribution < -0.4 is 14.9 Å². The lowest BCUT2D eigenvalue weighted by atomic mass is 10.1. The van der Waals surface area contributed by atoms with Gasteiger partial charge in [-0.15, -0.1) is 0 Å². The molecule has 0 spiro atoms. The van der Waals surface area contributed by atoms with Crippen molar-refractivity contribution in [3.8, 4) is 11.3 Å². The molecule has 3 heterocycles. The summed E-state index contributed by atoms with van der Waals surface area (Å²) in [5.74, 6) is 0.728. The second kappa shape index (κ2) is 9.50. The van der Waals surface area contributed by atoms with Crippen LogP contribution >= 0.6 is 12.8 Å². The minimum atomic E-state index is 0.728. The third-order valence-electron chi connectivity index (χ3n) is 4.08. The summed E-state index contributed by atoms with van der Waals surface area (Å²) in [6.45, 7) is 3.83. The van der Waals surface area contributed by atoms with Gasteiger partial charge in [-0.05, 0) is 18.2 Å². The van der Waals surface area contributed by atoms with Gasteiger partial charge in [0.25, 0.3) is 0 Å². The lowest BCUT2D eigenvalue weighted by Crippen LogP contribution is -2.30. The molecule has 0 radical (unpaired) electrons. The summed E-state index contributed by atoms with van der Waals surface area (Å²) in [6.07, 6.45) is 3.35. The Morgan fingerprint density at radius 3 is 2.37 bits per heavy atom. The van der Waals surface area contributed by atoms with E-state index in [0.717, 1.165) is 60.1 Å². The zero-order chi connectivity index (χ0) is 19.1. The summed E-state index contributed by atoms with van der Waals surface area (Å²) in [5.41, 5.74) is 4.51. The highest BCUT2D eigenvalue weighted by molar-refractivity contribution is 7.81. The fourth-order valence-electron chi connectivity index (χ4n) is 2.66. The summed E-state index contributed by atoms with van der Waals surface area (Å²) >= 11 is 4.28. The Morgan fingerprint density at radius 1 is 1.11 bits per heavy atom. The Balaban J connectivity index is 0.000000299. The third-order valence-corrected chi connectivity index (χ3v) is 4.31. The number of fused-ring (bicyclic) bond motifs is 1. The molecule has 1 aliphatic heterocycles. The molecule has 27 heavy (non-hydrogen) atoms. The number of morpholine rings is 1. The average molecular weight is 385 g/mol. The van der Waals surface area contributed by atoms with Crippen molar-refractivity contribution in [2.45, 2.75) is 0 Å². The molecular formula is C19H24N6OS. The molecule has 142 valence electrons. The number of rotatable bonds is 3. The maximum atomic E-state index is 5.01. The van der Waals surface area contributed by atoms with Crippen molar-refractivity contribution in [3.63, 3.8) is 0 Å². The quantitative estimate of drug-likeness (QED) is 0.599. The van der Waals surface area contributed by atoms with Crippen molar-refractivity contribution in [2.24, 2.45) is 0 Å². The van der Waals surface area contributed by atoms with Gasteiger partial charge in [-0.25, -0.2) is 9.97 Å². The smallest absolute Gasteiger partial charge is 0.154 e. The van der Waals surface area contributed by atoms with Crippen molar-refractivity contribution in [1.29, 1.82) is 0 Å². The Bertz CT molecular complexity index is 856. The highest BCUT2D eigenvalue weighted by Gasteiger charge is 2.08. The number of benzene rings is 1. The molecule has 8 heteroatoms. The number of nitrogens with one attached hydrogen (secondary N) is 2. The van der Waals surface area contributed by atoms with Gasteiger partial charge >= 0.3 is 0 Å². The predicted octanol–water partition coefficient (Wildman–Crippen LogP) is 2.62. The highest BCUT2D eigenvalue weighted by Crippen LogP contribution is 2.26. The van der Waals surface area contributed by atoms with Crippen LogP contribution in [0.15, 0.2) is 42.7 Å². The van der Waals surface area contributed by atoms with E-state index in [4.69, 9.17) is 4.74 Å². The second-order valence-corrected chi connectivity index (χ2v) is 6.56. The fraction of sp³-hybridized carbons (Fsp3) is 0.316. The number of anilines is 2. The molecule has 0 atom stereocenters. The average Bonchev–Trinajstić information content (AvgIpc) is 2.74. The molecule has 0 aliphatic carbocycles. The Kier molecular flexibility index (Phi) is 6.80.